The lowest BCUT2D eigenvalue weighted by Crippen LogP contribution is -2.30. The molecule has 0 spiro atoms. The third kappa shape index (κ3) is 2.51. The highest BCUT2D eigenvalue weighted by Gasteiger charge is 2.21. The predicted octanol–water partition coefficient (Wildman–Crippen LogP) is 6.19. The highest BCUT2D eigenvalue weighted by atomic mass is 19.1. The van der Waals surface area contributed by atoms with E-state index in [9.17, 15) is 4.39 Å². The second kappa shape index (κ2) is 6.31. The lowest BCUT2D eigenvalue weighted by Gasteiger charge is -2.05. The molecule has 2 aromatic heterocycles. The van der Waals surface area contributed by atoms with Gasteiger partial charge in [-0.2, -0.15) is 0 Å². The van der Waals surface area contributed by atoms with Gasteiger partial charge in [-0.15, -0.1) is 0 Å². The largest absolute Gasteiger partial charge is 0.455 e. The molecule has 5 aromatic rings. The van der Waals surface area contributed by atoms with Gasteiger partial charge >= 0.3 is 0 Å². The van der Waals surface area contributed by atoms with Crippen molar-refractivity contribution < 1.29 is 13.4 Å². The summed E-state index contributed by atoms with van der Waals surface area (Å²) in [4.78, 5) is 0. The van der Waals surface area contributed by atoms with Crippen LogP contribution in [-0.4, -0.2) is 0 Å². The highest BCUT2D eigenvalue weighted by Crippen LogP contribution is 2.39. The van der Waals surface area contributed by atoms with E-state index in [4.69, 9.17) is 4.42 Å². The van der Waals surface area contributed by atoms with Crippen molar-refractivity contribution in [3.63, 3.8) is 0 Å². The first-order valence-corrected chi connectivity index (χ1v) is 9.29. The Morgan fingerprint density at radius 3 is 2.43 bits per heavy atom. The van der Waals surface area contributed by atoms with Gasteiger partial charge in [0.25, 0.3) is 0 Å². The molecular formula is C25H19FNO+. The maximum Gasteiger partial charge on any atom is 0.216 e. The minimum Gasteiger partial charge on any atom is -0.455 e. The van der Waals surface area contributed by atoms with Crippen molar-refractivity contribution in [2.75, 3.05) is 0 Å². The zero-order chi connectivity index (χ0) is 19.3. The number of hydrogen-bond acceptors (Lipinski definition) is 1. The van der Waals surface area contributed by atoms with Gasteiger partial charge in [-0.3, -0.25) is 0 Å². The fourth-order valence-corrected chi connectivity index (χ4v) is 3.90. The molecular weight excluding hydrogens is 349 g/mol. The normalized spacial score (nSPS) is 11.4. The lowest BCUT2D eigenvalue weighted by molar-refractivity contribution is -0.660. The van der Waals surface area contributed by atoms with E-state index in [2.05, 4.69) is 23.6 Å². The number of fused-ring (bicyclic) bond motifs is 3. The van der Waals surface area contributed by atoms with E-state index in [0.717, 1.165) is 38.7 Å². The van der Waals surface area contributed by atoms with Crippen LogP contribution in [0.4, 0.5) is 4.39 Å². The second-order valence-corrected chi connectivity index (χ2v) is 7.13. The monoisotopic (exact) mass is 368 g/mol. The van der Waals surface area contributed by atoms with Crippen LogP contribution < -0.4 is 4.57 Å². The molecule has 0 atom stereocenters. The third-order valence-corrected chi connectivity index (χ3v) is 5.33. The molecule has 3 heteroatoms. The molecule has 0 unspecified atom stereocenters. The van der Waals surface area contributed by atoms with E-state index in [0.29, 0.717) is 11.1 Å². The van der Waals surface area contributed by atoms with Crippen molar-refractivity contribution in [3.8, 4) is 22.4 Å². The summed E-state index contributed by atoms with van der Waals surface area (Å²) in [7, 11) is 2.02. The van der Waals surface area contributed by atoms with E-state index in [1.165, 1.54) is 0 Å². The topological polar surface area (TPSA) is 17.0 Å². The average molecular weight is 368 g/mol. The van der Waals surface area contributed by atoms with Crippen LogP contribution in [-0.2, 0) is 7.05 Å². The summed E-state index contributed by atoms with van der Waals surface area (Å²) in [6, 6.07) is 23.1. The Morgan fingerprint density at radius 1 is 0.857 bits per heavy atom. The van der Waals surface area contributed by atoms with Crippen LogP contribution in [0.5, 0.6) is 0 Å². The van der Waals surface area contributed by atoms with Gasteiger partial charge in [-0.25, -0.2) is 8.96 Å². The van der Waals surface area contributed by atoms with Crippen LogP contribution in [0.3, 0.4) is 0 Å². The predicted molar refractivity (Wildman–Crippen MR) is 110 cm³/mol. The Balaban J connectivity index is 1.84. The van der Waals surface area contributed by atoms with E-state index in [1.807, 2.05) is 67.8 Å². The van der Waals surface area contributed by atoms with Crippen molar-refractivity contribution in [2.24, 2.45) is 7.05 Å². The van der Waals surface area contributed by atoms with Gasteiger partial charge in [-0.1, -0.05) is 42.5 Å². The number of pyridine rings is 1. The summed E-state index contributed by atoms with van der Waals surface area (Å²) in [6.07, 6.45) is 2.02. The van der Waals surface area contributed by atoms with Crippen molar-refractivity contribution in [2.45, 2.75) is 6.92 Å². The lowest BCUT2D eigenvalue weighted by atomic mass is 9.99. The number of benzene rings is 3. The number of aryl methyl sites for hydroxylation is 2. The van der Waals surface area contributed by atoms with Gasteiger partial charge in [0, 0.05) is 28.5 Å². The molecule has 0 saturated heterocycles. The molecule has 0 amide bonds. The molecule has 0 fully saturated rings. The smallest absolute Gasteiger partial charge is 0.216 e. The van der Waals surface area contributed by atoms with E-state index < -0.39 is 0 Å². The zero-order valence-corrected chi connectivity index (χ0v) is 15.7. The van der Waals surface area contributed by atoms with E-state index >= 15 is 0 Å². The molecule has 0 aliphatic heterocycles. The summed E-state index contributed by atoms with van der Waals surface area (Å²) in [5.41, 5.74) is 6.11. The van der Waals surface area contributed by atoms with Gasteiger partial charge in [-0.05, 0) is 36.2 Å². The number of halogens is 1. The van der Waals surface area contributed by atoms with Gasteiger partial charge in [0.2, 0.25) is 5.69 Å². The molecule has 2 heterocycles. The van der Waals surface area contributed by atoms with E-state index in [-0.39, 0.29) is 5.82 Å². The first-order valence-electron chi connectivity index (χ1n) is 9.29. The van der Waals surface area contributed by atoms with Crippen LogP contribution in [0.25, 0.3) is 44.3 Å². The van der Waals surface area contributed by atoms with Crippen molar-refractivity contribution in [1.29, 1.82) is 0 Å². The SMILES string of the molecule is Cc1ccc2c(oc3cc(-c4ccccc4)c(F)cc32)c1-c1cccc[n+]1C. The maximum atomic E-state index is 14.9. The van der Waals surface area contributed by atoms with Crippen LogP contribution in [0.1, 0.15) is 5.56 Å². The van der Waals surface area contributed by atoms with Gasteiger partial charge < -0.3 is 4.42 Å². The molecule has 3 aromatic carbocycles. The molecule has 5 rings (SSSR count). The minimum absolute atomic E-state index is 0.242. The van der Waals surface area contributed by atoms with Crippen LogP contribution in [0.2, 0.25) is 0 Å². The number of rotatable bonds is 2. The summed E-state index contributed by atoms with van der Waals surface area (Å²) >= 11 is 0. The fourth-order valence-electron chi connectivity index (χ4n) is 3.90. The molecule has 2 nitrogen and oxygen atoms in total. The Labute approximate surface area is 162 Å². The van der Waals surface area contributed by atoms with Gasteiger partial charge in [0.05, 0.1) is 5.56 Å². The van der Waals surface area contributed by atoms with Crippen molar-refractivity contribution >= 4 is 21.9 Å². The summed E-state index contributed by atoms with van der Waals surface area (Å²) in [5, 5.41) is 1.73. The maximum absolute atomic E-state index is 14.9. The van der Waals surface area contributed by atoms with Crippen molar-refractivity contribution in [3.05, 3.63) is 90.4 Å². The summed E-state index contributed by atoms with van der Waals surface area (Å²) < 4.78 is 23.3. The summed E-state index contributed by atoms with van der Waals surface area (Å²) in [6.45, 7) is 2.07. The summed E-state index contributed by atoms with van der Waals surface area (Å²) in [5.74, 6) is -0.242. The Hall–Kier alpha value is -3.46. The first kappa shape index (κ1) is 16.7. The Bertz CT molecular complexity index is 1340. The zero-order valence-electron chi connectivity index (χ0n) is 15.7. The number of aromatic nitrogens is 1. The van der Waals surface area contributed by atoms with Crippen LogP contribution >= 0.6 is 0 Å². The molecule has 0 radical (unpaired) electrons. The third-order valence-electron chi connectivity index (χ3n) is 5.33. The Kier molecular flexibility index (Phi) is 3.76. The van der Waals surface area contributed by atoms with Gasteiger partial charge in [0.15, 0.2) is 6.20 Å². The van der Waals surface area contributed by atoms with E-state index in [1.54, 1.807) is 6.07 Å². The molecule has 0 aliphatic carbocycles. The molecule has 0 bridgehead atoms. The van der Waals surface area contributed by atoms with Crippen LogP contribution in [0.15, 0.2) is 83.4 Å². The first-order chi connectivity index (χ1) is 13.6. The second-order valence-electron chi connectivity index (χ2n) is 7.13. The minimum atomic E-state index is -0.242. The standard InChI is InChI=1S/C25H19FNO/c1-16-11-12-18-20-14-21(26)19(17-8-4-3-5-9-17)15-23(20)28-25(18)24(16)22-10-6-7-13-27(22)2/h3-15H,1-2H3/q+1. The number of nitrogens with zero attached hydrogens (tertiary/aromatic N) is 1. The number of furan rings is 1. The molecule has 0 saturated carbocycles. The number of hydrogen-bond donors (Lipinski definition) is 0. The highest BCUT2D eigenvalue weighted by molar-refractivity contribution is 6.10. The quantitative estimate of drug-likeness (QED) is 0.339. The van der Waals surface area contributed by atoms with Gasteiger partial charge in [0.1, 0.15) is 24.0 Å². The van der Waals surface area contributed by atoms with Crippen molar-refractivity contribution in [1.82, 2.24) is 0 Å². The molecule has 136 valence electrons. The molecule has 28 heavy (non-hydrogen) atoms. The molecule has 0 N–H and O–H groups in total. The fraction of sp³-hybridized carbons (Fsp3) is 0.0800. The Morgan fingerprint density at radius 2 is 1.64 bits per heavy atom. The molecule has 0 aliphatic rings. The van der Waals surface area contributed by atoms with Crippen LogP contribution in [0, 0.1) is 12.7 Å². The average Bonchev–Trinajstić information content (AvgIpc) is 3.06.